The zero-order valence-corrected chi connectivity index (χ0v) is 12.7. The summed E-state index contributed by atoms with van der Waals surface area (Å²) in [6, 6.07) is 16.7. The van der Waals surface area contributed by atoms with E-state index in [1.54, 1.807) is 6.92 Å². The van der Waals surface area contributed by atoms with Crippen molar-refractivity contribution in [2.45, 2.75) is 25.7 Å². The van der Waals surface area contributed by atoms with Crippen molar-refractivity contribution in [2.75, 3.05) is 6.61 Å². The molecule has 0 aliphatic heterocycles. The van der Waals surface area contributed by atoms with Gasteiger partial charge in [0.25, 0.3) is 0 Å². The first kappa shape index (κ1) is 14.6. The first-order valence-corrected chi connectivity index (χ1v) is 7.66. The first-order chi connectivity index (χ1) is 10.6. The topological polar surface area (TPSA) is 46.5 Å². The Labute approximate surface area is 130 Å². The van der Waals surface area contributed by atoms with E-state index in [9.17, 15) is 4.79 Å². The Bertz CT molecular complexity index is 636. The molecule has 114 valence electrons. The van der Waals surface area contributed by atoms with E-state index in [0.717, 1.165) is 18.6 Å². The highest BCUT2D eigenvalue weighted by atomic mass is 16.5. The van der Waals surface area contributed by atoms with Crippen LogP contribution in [0.5, 0.6) is 5.75 Å². The molecule has 2 aromatic rings. The highest BCUT2D eigenvalue weighted by molar-refractivity contribution is 5.69. The van der Waals surface area contributed by atoms with E-state index >= 15 is 0 Å². The Hall–Kier alpha value is -2.29. The molecule has 0 radical (unpaired) electrons. The van der Waals surface area contributed by atoms with Crippen LogP contribution < -0.4 is 4.74 Å². The van der Waals surface area contributed by atoms with Crippen LogP contribution in [0.2, 0.25) is 0 Å². The number of carboxylic acid groups (broad SMARTS) is 1. The van der Waals surface area contributed by atoms with Crippen LogP contribution in [-0.2, 0) is 17.6 Å². The molecule has 0 heterocycles. The van der Waals surface area contributed by atoms with E-state index < -0.39 is 11.9 Å². The molecule has 3 nitrogen and oxygen atoms in total. The van der Waals surface area contributed by atoms with Gasteiger partial charge in [0.2, 0.25) is 0 Å². The van der Waals surface area contributed by atoms with E-state index in [1.807, 2.05) is 12.1 Å². The molecule has 0 aromatic heterocycles. The SMILES string of the molecule is CC(COc1ccc(C2Cc3ccccc3C2)cc1)C(=O)O. The molecular formula is C19H20O3. The summed E-state index contributed by atoms with van der Waals surface area (Å²) in [5.41, 5.74) is 4.21. The molecule has 2 aromatic carbocycles. The molecule has 3 heteroatoms. The first-order valence-electron chi connectivity index (χ1n) is 7.66. The minimum Gasteiger partial charge on any atom is -0.493 e. The van der Waals surface area contributed by atoms with E-state index in [1.165, 1.54) is 16.7 Å². The zero-order valence-electron chi connectivity index (χ0n) is 12.7. The molecule has 0 fully saturated rings. The van der Waals surface area contributed by atoms with Crippen LogP contribution in [0, 0.1) is 5.92 Å². The average molecular weight is 296 g/mol. The smallest absolute Gasteiger partial charge is 0.309 e. The van der Waals surface area contributed by atoms with Crippen LogP contribution in [-0.4, -0.2) is 17.7 Å². The summed E-state index contributed by atoms with van der Waals surface area (Å²) >= 11 is 0. The Kier molecular flexibility index (Phi) is 4.14. The minimum atomic E-state index is -0.833. The van der Waals surface area contributed by atoms with Crippen molar-refractivity contribution in [3.63, 3.8) is 0 Å². The van der Waals surface area contributed by atoms with Gasteiger partial charge in [-0.15, -0.1) is 0 Å². The Morgan fingerprint density at radius 2 is 1.73 bits per heavy atom. The predicted octanol–water partition coefficient (Wildman–Crippen LogP) is 3.67. The summed E-state index contributed by atoms with van der Waals surface area (Å²) in [7, 11) is 0. The molecule has 1 unspecified atom stereocenters. The standard InChI is InChI=1S/C19H20O3/c1-13(19(20)21)12-22-18-8-6-14(7-9-18)17-10-15-4-2-3-5-16(15)11-17/h2-9,13,17H,10-12H2,1H3,(H,20,21). The summed E-state index contributed by atoms with van der Waals surface area (Å²) in [6.07, 6.45) is 2.18. The second kappa shape index (κ2) is 6.22. The van der Waals surface area contributed by atoms with Gasteiger partial charge in [0.05, 0.1) is 5.92 Å². The fourth-order valence-electron chi connectivity index (χ4n) is 2.92. The molecule has 0 saturated carbocycles. The summed E-state index contributed by atoms with van der Waals surface area (Å²) in [5.74, 6) is -0.0684. The van der Waals surface area contributed by atoms with Gasteiger partial charge in [-0.2, -0.15) is 0 Å². The number of hydrogen-bond acceptors (Lipinski definition) is 2. The highest BCUT2D eigenvalue weighted by Crippen LogP contribution is 2.34. The maximum atomic E-state index is 10.8. The number of fused-ring (bicyclic) bond motifs is 1. The Balaban J connectivity index is 1.62. The highest BCUT2D eigenvalue weighted by Gasteiger charge is 2.22. The van der Waals surface area contributed by atoms with Crippen LogP contribution in [0.3, 0.4) is 0 Å². The van der Waals surface area contributed by atoms with E-state index in [2.05, 4.69) is 36.4 Å². The van der Waals surface area contributed by atoms with Gasteiger partial charge in [0.1, 0.15) is 12.4 Å². The number of ether oxygens (including phenoxy) is 1. The second-order valence-electron chi connectivity index (χ2n) is 5.99. The van der Waals surface area contributed by atoms with Gasteiger partial charge in [-0.3, -0.25) is 4.79 Å². The van der Waals surface area contributed by atoms with Gasteiger partial charge in [0.15, 0.2) is 0 Å². The molecule has 3 rings (SSSR count). The maximum Gasteiger partial charge on any atom is 0.309 e. The second-order valence-corrected chi connectivity index (χ2v) is 5.99. The molecule has 1 atom stereocenters. The van der Waals surface area contributed by atoms with Crippen molar-refractivity contribution in [3.8, 4) is 5.75 Å². The van der Waals surface area contributed by atoms with Gasteiger partial charge < -0.3 is 9.84 Å². The van der Waals surface area contributed by atoms with Crippen molar-refractivity contribution in [1.82, 2.24) is 0 Å². The molecule has 0 saturated heterocycles. The number of rotatable bonds is 5. The van der Waals surface area contributed by atoms with Crippen molar-refractivity contribution in [1.29, 1.82) is 0 Å². The lowest BCUT2D eigenvalue weighted by Crippen LogP contribution is -2.17. The molecule has 1 aliphatic rings. The third-order valence-corrected chi connectivity index (χ3v) is 4.32. The van der Waals surface area contributed by atoms with Crippen LogP contribution in [0.15, 0.2) is 48.5 Å². The molecule has 22 heavy (non-hydrogen) atoms. The quantitative estimate of drug-likeness (QED) is 0.915. The van der Waals surface area contributed by atoms with Gasteiger partial charge in [-0.1, -0.05) is 36.4 Å². The largest absolute Gasteiger partial charge is 0.493 e. The summed E-state index contributed by atoms with van der Waals surface area (Å²) in [6.45, 7) is 1.84. The fourth-order valence-corrected chi connectivity index (χ4v) is 2.92. The Morgan fingerprint density at radius 3 is 2.27 bits per heavy atom. The molecular weight excluding hydrogens is 276 g/mol. The van der Waals surface area contributed by atoms with E-state index in [4.69, 9.17) is 9.84 Å². The maximum absolute atomic E-state index is 10.8. The number of carbonyl (C=O) groups is 1. The fraction of sp³-hybridized carbons (Fsp3) is 0.316. The summed E-state index contributed by atoms with van der Waals surface area (Å²) in [4.78, 5) is 10.8. The lowest BCUT2D eigenvalue weighted by atomic mass is 9.96. The number of aliphatic carboxylic acids is 1. The monoisotopic (exact) mass is 296 g/mol. The lowest BCUT2D eigenvalue weighted by Gasteiger charge is -2.12. The Morgan fingerprint density at radius 1 is 1.14 bits per heavy atom. The molecule has 1 aliphatic carbocycles. The van der Waals surface area contributed by atoms with Gasteiger partial charge in [0, 0.05) is 0 Å². The van der Waals surface area contributed by atoms with Gasteiger partial charge in [-0.05, 0) is 54.5 Å². The van der Waals surface area contributed by atoms with Gasteiger partial charge in [-0.25, -0.2) is 0 Å². The molecule has 0 amide bonds. The summed E-state index contributed by atoms with van der Waals surface area (Å²) in [5, 5.41) is 8.85. The lowest BCUT2D eigenvalue weighted by molar-refractivity contribution is -0.142. The van der Waals surface area contributed by atoms with E-state index in [0.29, 0.717) is 5.92 Å². The molecule has 0 bridgehead atoms. The van der Waals surface area contributed by atoms with Crippen molar-refractivity contribution in [3.05, 3.63) is 65.2 Å². The van der Waals surface area contributed by atoms with Crippen LogP contribution in [0.1, 0.15) is 29.5 Å². The van der Waals surface area contributed by atoms with Crippen molar-refractivity contribution >= 4 is 5.97 Å². The average Bonchev–Trinajstić information content (AvgIpc) is 2.97. The normalized spacial score (nSPS) is 15.3. The van der Waals surface area contributed by atoms with E-state index in [-0.39, 0.29) is 6.61 Å². The zero-order chi connectivity index (χ0) is 15.5. The molecule has 1 N–H and O–H groups in total. The van der Waals surface area contributed by atoms with Crippen LogP contribution >= 0.6 is 0 Å². The van der Waals surface area contributed by atoms with Gasteiger partial charge >= 0.3 is 5.97 Å². The number of benzene rings is 2. The number of hydrogen-bond donors (Lipinski definition) is 1. The number of carboxylic acids is 1. The van der Waals surface area contributed by atoms with Crippen molar-refractivity contribution < 1.29 is 14.6 Å². The van der Waals surface area contributed by atoms with Crippen molar-refractivity contribution in [2.24, 2.45) is 5.92 Å². The summed E-state index contributed by atoms with van der Waals surface area (Å²) < 4.78 is 5.53. The van der Waals surface area contributed by atoms with Crippen LogP contribution in [0.4, 0.5) is 0 Å². The third-order valence-electron chi connectivity index (χ3n) is 4.32. The molecule has 0 spiro atoms. The minimum absolute atomic E-state index is 0.198. The van der Waals surface area contributed by atoms with Crippen LogP contribution in [0.25, 0.3) is 0 Å². The predicted molar refractivity (Wildman–Crippen MR) is 85.3 cm³/mol. The third kappa shape index (κ3) is 3.14.